The molecule has 3 N–H and O–H groups in total. The van der Waals surface area contributed by atoms with Gasteiger partial charge in [0.1, 0.15) is 0 Å². The van der Waals surface area contributed by atoms with E-state index < -0.39 is 11.8 Å². The number of nitrogens with one attached hydrogen (secondary N) is 1. The van der Waals surface area contributed by atoms with Crippen molar-refractivity contribution in [3.63, 3.8) is 0 Å². The molecule has 136 valence electrons. The summed E-state index contributed by atoms with van der Waals surface area (Å²) in [6, 6.07) is 13.8. The molecule has 0 atom stereocenters. The summed E-state index contributed by atoms with van der Waals surface area (Å²) in [5.41, 5.74) is 7.77. The lowest BCUT2D eigenvalue weighted by Crippen LogP contribution is -2.17. The van der Waals surface area contributed by atoms with E-state index in [1.165, 1.54) is 11.3 Å². The van der Waals surface area contributed by atoms with Crippen LogP contribution in [0.4, 0.5) is 5.13 Å². The molecular weight excluding hydrogens is 362 g/mol. The number of rotatable bonds is 6. The maximum Gasteiger partial charge on any atom is 0.258 e. The predicted molar refractivity (Wildman–Crippen MR) is 104 cm³/mol. The Kier molecular flexibility index (Phi) is 5.42. The van der Waals surface area contributed by atoms with Crippen molar-refractivity contribution >= 4 is 34.1 Å². The van der Waals surface area contributed by atoms with Crippen LogP contribution in [0.2, 0.25) is 0 Å². The van der Waals surface area contributed by atoms with Gasteiger partial charge in [0.25, 0.3) is 5.91 Å². The summed E-state index contributed by atoms with van der Waals surface area (Å²) in [4.78, 5) is 40.6. The number of nitrogens with two attached hydrogens (primary N) is 1. The molecule has 0 fully saturated rings. The van der Waals surface area contributed by atoms with Crippen LogP contribution in [-0.2, 0) is 11.2 Å². The van der Waals surface area contributed by atoms with Crippen molar-refractivity contribution in [3.8, 4) is 0 Å². The van der Waals surface area contributed by atoms with Crippen molar-refractivity contribution < 1.29 is 14.4 Å². The normalized spacial score (nSPS) is 10.4. The zero-order chi connectivity index (χ0) is 19.4. The van der Waals surface area contributed by atoms with E-state index in [0.717, 1.165) is 5.56 Å². The minimum absolute atomic E-state index is 0.00880. The summed E-state index contributed by atoms with van der Waals surface area (Å²) in [5.74, 6) is -1.16. The maximum absolute atomic E-state index is 12.8. The van der Waals surface area contributed by atoms with Gasteiger partial charge in [0.2, 0.25) is 5.91 Å². The highest BCUT2D eigenvalue weighted by Gasteiger charge is 2.19. The molecule has 3 aromatic rings. The van der Waals surface area contributed by atoms with Gasteiger partial charge in [-0.1, -0.05) is 48.0 Å². The molecule has 0 saturated carbocycles. The molecular formula is C20H17N3O3S. The zero-order valence-electron chi connectivity index (χ0n) is 14.6. The number of amides is 2. The average Bonchev–Trinajstić information content (AvgIpc) is 3.07. The number of aromatic nitrogens is 1. The highest BCUT2D eigenvalue weighted by atomic mass is 32.1. The van der Waals surface area contributed by atoms with E-state index in [0.29, 0.717) is 22.0 Å². The molecule has 27 heavy (non-hydrogen) atoms. The Balaban J connectivity index is 1.83. The van der Waals surface area contributed by atoms with Crippen LogP contribution in [0.25, 0.3) is 0 Å². The number of carbonyl (C=O) groups is 3. The number of hydrogen-bond acceptors (Lipinski definition) is 5. The third kappa shape index (κ3) is 4.45. The molecule has 2 amide bonds. The molecule has 2 aromatic carbocycles. The first-order chi connectivity index (χ1) is 12.9. The fraction of sp³-hybridized carbons (Fsp3) is 0.100. The van der Waals surface area contributed by atoms with Crippen molar-refractivity contribution in [1.29, 1.82) is 0 Å². The van der Waals surface area contributed by atoms with Gasteiger partial charge in [0.15, 0.2) is 10.9 Å². The average molecular weight is 379 g/mol. The molecule has 0 spiro atoms. The van der Waals surface area contributed by atoms with Gasteiger partial charge in [-0.15, -0.1) is 11.3 Å². The number of aryl methyl sites for hydroxylation is 1. The van der Waals surface area contributed by atoms with Gasteiger partial charge in [-0.25, -0.2) is 4.98 Å². The Labute approximate surface area is 160 Å². The van der Waals surface area contributed by atoms with Crippen LogP contribution in [0.1, 0.15) is 37.5 Å². The first-order valence-corrected chi connectivity index (χ1v) is 9.06. The predicted octanol–water partition coefficient (Wildman–Crippen LogP) is 2.96. The largest absolute Gasteiger partial charge is 0.369 e. The number of carbonyl (C=O) groups excluding carboxylic acids is 3. The zero-order valence-corrected chi connectivity index (χ0v) is 15.4. The Bertz CT molecular complexity index is 1010. The summed E-state index contributed by atoms with van der Waals surface area (Å²) in [6.45, 7) is 1.94. The number of thiazole rings is 1. The topological polar surface area (TPSA) is 102 Å². The Morgan fingerprint density at radius 3 is 2.37 bits per heavy atom. The second-order valence-corrected chi connectivity index (χ2v) is 6.84. The number of hydrogen-bond donors (Lipinski definition) is 2. The van der Waals surface area contributed by atoms with Crippen molar-refractivity contribution in [2.24, 2.45) is 5.73 Å². The van der Waals surface area contributed by atoms with E-state index in [-0.39, 0.29) is 17.8 Å². The van der Waals surface area contributed by atoms with E-state index in [4.69, 9.17) is 5.73 Å². The van der Waals surface area contributed by atoms with Gasteiger partial charge in [-0.3, -0.25) is 19.7 Å². The first-order valence-electron chi connectivity index (χ1n) is 8.18. The van der Waals surface area contributed by atoms with Crippen LogP contribution in [0, 0.1) is 6.92 Å². The lowest BCUT2D eigenvalue weighted by atomic mass is 9.97. The van der Waals surface area contributed by atoms with Gasteiger partial charge in [0, 0.05) is 16.5 Å². The van der Waals surface area contributed by atoms with Crippen molar-refractivity contribution in [1.82, 2.24) is 4.98 Å². The fourth-order valence-electron chi connectivity index (χ4n) is 2.53. The molecule has 3 rings (SSSR count). The molecule has 0 aliphatic carbocycles. The van der Waals surface area contributed by atoms with Gasteiger partial charge in [-0.05, 0) is 13.0 Å². The van der Waals surface area contributed by atoms with Crippen LogP contribution in [0.5, 0.6) is 0 Å². The monoisotopic (exact) mass is 379 g/mol. The second kappa shape index (κ2) is 7.92. The molecule has 7 heteroatoms. The Morgan fingerprint density at radius 2 is 1.70 bits per heavy atom. The molecule has 1 heterocycles. The number of primary amides is 1. The van der Waals surface area contributed by atoms with Crippen LogP contribution in [-0.4, -0.2) is 22.6 Å². The van der Waals surface area contributed by atoms with Gasteiger partial charge >= 0.3 is 0 Å². The lowest BCUT2D eigenvalue weighted by molar-refractivity contribution is -0.117. The van der Waals surface area contributed by atoms with E-state index >= 15 is 0 Å². The first kappa shape index (κ1) is 18.5. The molecule has 0 radical (unpaired) electrons. The van der Waals surface area contributed by atoms with E-state index in [9.17, 15) is 14.4 Å². The number of anilines is 1. The molecule has 0 bridgehead atoms. The quantitative estimate of drug-likeness (QED) is 0.643. The SMILES string of the molecule is Cc1ccc(C(=O)c2ccccc2C(=O)Nc2nc(CC(N)=O)cs2)cc1. The van der Waals surface area contributed by atoms with E-state index in [2.05, 4.69) is 10.3 Å². The lowest BCUT2D eigenvalue weighted by Gasteiger charge is -2.08. The fourth-order valence-corrected chi connectivity index (χ4v) is 3.23. The van der Waals surface area contributed by atoms with Crippen LogP contribution in [0.15, 0.2) is 53.9 Å². The highest BCUT2D eigenvalue weighted by molar-refractivity contribution is 7.14. The summed E-state index contributed by atoms with van der Waals surface area (Å²) < 4.78 is 0. The summed E-state index contributed by atoms with van der Waals surface area (Å²) >= 11 is 1.19. The van der Waals surface area contributed by atoms with Crippen LogP contribution < -0.4 is 11.1 Å². The summed E-state index contributed by atoms with van der Waals surface area (Å²) in [5, 5.41) is 4.67. The second-order valence-electron chi connectivity index (χ2n) is 5.98. The minimum atomic E-state index is -0.493. The van der Waals surface area contributed by atoms with Crippen LogP contribution in [0.3, 0.4) is 0 Å². The minimum Gasteiger partial charge on any atom is -0.369 e. The molecule has 6 nitrogen and oxygen atoms in total. The molecule has 0 unspecified atom stereocenters. The summed E-state index contributed by atoms with van der Waals surface area (Å²) in [7, 11) is 0. The third-order valence-corrected chi connectivity index (χ3v) is 4.66. The standard InChI is InChI=1S/C20H17N3O3S/c1-12-6-8-13(9-7-12)18(25)15-4-2-3-5-16(15)19(26)23-20-22-14(11-27-20)10-17(21)24/h2-9,11H,10H2,1H3,(H2,21,24)(H,22,23,26). The third-order valence-electron chi connectivity index (χ3n) is 3.86. The molecule has 0 saturated heterocycles. The molecule has 0 aliphatic rings. The smallest absolute Gasteiger partial charge is 0.258 e. The maximum atomic E-state index is 12.8. The van der Waals surface area contributed by atoms with Crippen molar-refractivity contribution in [3.05, 3.63) is 81.9 Å². The number of nitrogens with zero attached hydrogens (tertiary/aromatic N) is 1. The van der Waals surface area contributed by atoms with Crippen molar-refractivity contribution in [2.45, 2.75) is 13.3 Å². The Hall–Kier alpha value is -3.32. The van der Waals surface area contributed by atoms with Gasteiger partial charge in [-0.2, -0.15) is 0 Å². The van der Waals surface area contributed by atoms with E-state index in [1.54, 1.807) is 41.8 Å². The highest BCUT2D eigenvalue weighted by Crippen LogP contribution is 2.20. The molecule has 1 aromatic heterocycles. The van der Waals surface area contributed by atoms with Gasteiger partial charge < -0.3 is 5.73 Å². The molecule has 0 aliphatic heterocycles. The summed E-state index contributed by atoms with van der Waals surface area (Å²) in [6.07, 6.45) is 0.00880. The number of ketones is 1. The van der Waals surface area contributed by atoms with Gasteiger partial charge in [0.05, 0.1) is 17.7 Å². The van der Waals surface area contributed by atoms with Crippen molar-refractivity contribution in [2.75, 3.05) is 5.32 Å². The number of benzene rings is 2. The Morgan fingerprint density at radius 1 is 1.04 bits per heavy atom. The van der Waals surface area contributed by atoms with E-state index in [1.807, 2.05) is 19.1 Å². The van der Waals surface area contributed by atoms with Crippen LogP contribution >= 0.6 is 11.3 Å².